The number of likely N-dealkylation sites (N-methyl/N-ethyl adjacent to an activating group) is 1. The number of hydrogen-bond acceptors (Lipinski definition) is 3. The highest BCUT2D eigenvalue weighted by molar-refractivity contribution is 5.73. The van der Waals surface area contributed by atoms with Gasteiger partial charge in [-0.1, -0.05) is 6.07 Å². The molecular weight excluding hydrogens is 232 g/mol. The summed E-state index contributed by atoms with van der Waals surface area (Å²) in [6.45, 7) is 2.30. The van der Waals surface area contributed by atoms with E-state index >= 15 is 0 Å². The molecule has 0 bridgehead atoms. The van der Waals surface area contributed by atoms with E-state index in [0.717, 1.165) is 23.5 Å². The third kappa shape index (κ3) is 2.50. The molecular formula is C13H18N2O3. The van der Waals surface area contributed by atoms with E-state index in [9.17, 15) is 4.79 Å². The maximum Gasteiger partial charge on any atom is 0.317 e. The molecule has 1 aliphatic rings. The van der Waals surface area contributed by atoms with Gasteiger partial charge in [0.05, 0.1) is 0 Å². The average Bonchev–Trinajstić information content (AvgIpc) is 2.84. The second-order valence-electron chi connectivity index (χ2n) is 4.41. The second-order valence-corrected chi connectivity index (χ2v) is 4.41. The van der Waals surface area contributed by atoms with Gasteiger partial charge in [-0.05, 0) is 31.0 Å². The summed E-state index contributed by atoms with van der Waals surface area (Å²) in [5.74, 6) is 1.56. The van der Waals surface area contributed by atoms with Crippen molar-refractivity contribution in [1.82, 2.24) is 10.2 Å². The van der Waals surface area contributed by atoms with Crippen LogP contribution in [0.3, 0.4) is 0 Å². The molecule has 1 aromatic rings. The van der Waals surface area contributed by atoms with Crippen molar-refractivity contribution in [1.29, 1.82) is 0 Å². The first-order chi connectivity index (χ1) is 8.61. The number of amides is 2. The molecule has 1 aliphatic heterocycles. The van der Waals surface area contributed by atoms with E-state index in [-0.39, 0.29) is 18.9 Å². The highest BCUT2D eigenvalue weighted by Gasteiger charge is 2.17. The molecule has 0 aromatic heterocycles. The van der Waals surface area contributed by atoms with Crippen LogP contribution in [-0.4, -0.2) is 37.9 Å². The van der Waals surface area contributed by atoms with Crippen LogP contribution in [0.4, 0.5) is 4.79 Å². The van der Waals surface area contributed by atoms with Crippen molar-refractivity contribution in [2.75, 3.05) is 20.9 Å². The van der Waals surface area contributed by atoms with Gasteiger partial charge in [-0.2, -0.15) is 0 Å². The molecule has 0 spiro atoms. The summed E-state index contributed by atoms with van der Waals surface area (Å²) < 4.78 is 10.6. The van der Waals surface area contributed by atoms with Gasteiger partial charge in [0.2, 0.25) is 6.79 Å². The largest absolute Gasteiger partial charge is 0.454 e. The smallest absolute Gasteiger partial charge is 0.317 e. The van der Waals surface area contributed by atoms with Gasteiger partial charge >= 0.3 is 6.03 Å². The molecule has 1 unspecified atom stereocenters. The fourth-order valence-corrected chi connectivity index (χ4v) is 1.92. The summed E-state index contributed by atoms with van der Waals surface area (Å²) in [6.07, 6.45) is 0.778. The molecule has 2 rings (SSSR count). The van der Waals surface area contributed by atoms with Gasteiger partial charge < -0.3 is 19.7 Å². The standard InChI is InChI=1S/C13H18N2O3/c1-9(15(3)13(16)14-2)6-10-4-5-11-12(7-10)18-8-17-11/h4-5,7,9H,6,8H2,1-3H3,(H,14,16). The minimum atomic E-state index is -0.0803. The zero-order valence-electron chi connectivity index (χ0n) is 10.9. The van der Waals surface area contributed by atoms with Crippen molar-refractivity contribution in [3.05, 3.63) is 23.8 Å². The number of carbonyl (C=O) groups is 1. The Bertz CT molecular complexity index is 448. The lowest BCUT2D eigenvalue weighted by Crippen LogP contribution is -2.41. The number of hydrogen-bond donors (Lipinski definition) is 1. The molecule has 5 heteroatoms. The van der Waals surface area contributed by atoms with Crippen LogP contribution >= 0.6 is 0 Å². The highest BCUT2D eigenvalue weighted by Crippen LogP contribution is 2.32. The average molecular weight is 250 g/mol. The predicted octanol–water partition coefficient (Wildman–Crippen LogP) is 1.62. The minimum Gasteiger partial charge on any atom is -0.454 e. The Morgan fingerprint density at radius 1 is 1.44 bits per heavy atom. The van der Waals surface area contributed by atoms with Gasteiger partial charge in [-0.25, -0.2) is 4.79 Å². The molecule has 1 heterocycles. The summed E-state index contributed by atoms with van der Waals surface area (Å²) in [6, 6.07) is 5.91. The Labute approximate surface area is 107 Å². The highest BCUT2D eigenvalue weighted by atomic mass is 16.7. The first-order valence-electron chi connectivity index (χ1n) is 5.95. The van der Waals surface area contributed by atoms with Crippen LogP contribution in [0.15, 0.2) is 18.2 Å². The van der Waals surface area contributed by atoms with E-state index in [4.69, 9.17) is 9.47 Å². The van der Waals surface area contributed by atoms with Crippen molar-refractivity contribution in [3.8, 4) is 11.5 Å². The Kier molecular flexibility index (Phi) is 3.60. The normalized spacial score (nSPS) is 14.2. The Morgan fingerprint density at radius 3 is 2.89 bits per heavy atom. The topological polar surface area (TPSA) is 50.8 Å². The number of benzene rings is 1. The zero-order chi connectivity index (χ0) is 13.1. The molecule has 0 radical (unpaired) electrons. The van der Waals surface area contributed by atoms with Gasteiger partial charge in [0.1, 0.15) is 0 Å². The van der Waals surface area contributed by atoms with Crippen molar-refractivity contribution in [2.45, 2.75) is 19.4 Å². The third-order valence-electron chi connectivity index (χ3n) is 3.16. The Hall–Kier alpha value is -1.91. The number of carbonyl (C=O) groups excluding carboxylic acids is 1. The maximum atomic E-state index is 11.5. The van der Waals surface area contributed by atoms with Gasteiger partial charge in [0.25, 0.3) is 0 Å². The van der Waals surface area contributed by atoms with Crippen LogP contribution in [0.1, 0.15) is 12.5 Å². The summed E-state index contributed by atoms with van der Waals surface area (Å²) in [4.78, 5) is 13.2. The van der Waals surface area contributed by atoms with Crippen LogP contribution in [0.2, 0.25) is 0 Å². The monoisotopic (exact) mass is 250 g/mol. The Balaban J connectivity index is 2.03. The van der Waals surface area contributed by atoms with Crippen molar-refractivity contribution < 1.29 is 14.3 Å². The number of nitrogens with zero attached hydrogens (tertiary/aromatic N) is 1. The van der Waals surface area contributed by atoms with E-state index in [2.05, 4.69) is 5.32 Å². The SMILES string of the molecule is CNC(=O)N(C)C(C)Cc1ccc2c(c1)OCO2. The molecule has 5 nitrogen and oxygen atoms in total. The number of urea groups is 1. The molecule has 2 amide bonds. The Morgan fingerprint density at radius 2 is 2.17 bits per heavy atom. The van der Waals surface area contributed by atoms with Crippen LogP contribution in [0.25, 0.3) is 0 Å². The first-order valence-corrected chi connectivity index (χ1v) is 5.95. The molecule has 0 fully saturated rings. The molecule has 0 saturated carbocycles. The molecule has 0 aliphatic carbocycles. The summed E-state index contributed by atoms with van der Waals surface area (Å²) >= 11 is 0. The first kappa shape index (κ1) is 12.5. The van der Waals surface area contributed by atoms with Gasteiger partial charge in [-0.3, -0.25) is 0 Å². The van der Waals surface area contributed by atoms with Crippen LogP contribution in [0, 0.1) is 0 Å². The van der Waals surface area contributed by atoms with Gasteiger partial charge in [0.15, 0.2) is 11.5 Å². The van der Waals surface area contributed by atoms with E-state index in [1.165, 1.54) is 0 Å². The van der Waals surface area contributed by atoms with E-state index in [1.807, 2.05) is 25.1 Å². The summed E-state index contributed by atoms with van der Waals surface area (Å²) in [5, 5.41) is 2.62. The third-order valence-corrected chi connectivity index (χ3v) is 3.16. The summed E-state index contributed by atoms with van der Waals surface area (Å²) in [5.41, 5.74) is 1.13. The lowest BCUT2D eigenvalue weighted by Gasteiger charge is -2.24. The van der Waals surface area contributed by atoms with Crippen LogP contribution < -0.4 is 14.8 Å². The lowest BCUT2D eigenvalue weighted by atomic mass is 10.1. The molecule has 1 aromatic carbocycles. The van der Waals surface area contributed by atoms with Crippen molar-refractivity contribution >= 4 is 6.03 Å². The van der Waals surface area contributed by atoms with Gasteiger partial charge in [-0.15, -0.1) is 0 Å². The number of fused-ring (bicyclic) bond motifs is 1. The van der Waals surface area contributed by atoms with E-state index < -0.39 is 0 Å². The zero-order valence-corrected chi connectivity index (χ0v) is 10.9. The number of ether oxygens (including phenoxy) is 2. The second kappa shape index (κ2) is 5.16. The quantitative estimate of drug-likeness (QED) is 0.886. The molecule has 98 valence electrons. The lowest BCUT2D eigenvalue weighted by molar-refractivity contribution is 0.174. The molecule has 1 N–H and O–H groups in total. The fourth-order valence-electron chi connectivity index (χ4n) is 1.92. The van der Waals surface area contributed by atoms with E-state index in [0.29, 0.717) is 0 Å². The number of nitrogens with one attached hydrogen (secondary N) is 1. The minimum absolute atomic E-state index is 0.0803. The molecule has 18 heavy (non-hydrogen) atoms. The van der Waals surface area contributed by atoms with Gasteiger partial charge in [0, 0.05) is 20.1 Å². The van der Waals surface area contributed by atoms with Crippen LogP contribution in [0.5, 0.6) is 11.5 Å². The van der Waals surface area contributed by atoms with Crippen LogP contribution in [-0.2, 0) is 6.42 Å². The fraction of sp³-hybridized carbons (Fsp3) is 0.462. The van der Waals surface area contributed by atoms with Crippen molar-refractivity contribution in [2.24, 2.45) is 0 Å². The molecule has 0 saturated heterocycles. The predicted molar refractivity (Wildman–Crippen MR) is 67.9 cm³/mol. The number of rotatable bonds is 3. The van der Waals surface area contributed by atoms with Crippen molar-refractivity contribution in [3.63, 3.8) is 0 Å². The molecule has 1 atom stereocenters. The maximum absolute atomic E-state index is 11.5. The van der Waals surface area contributed by atoms with E-state index in [1.54, 1.807) is 19.0 Å². The summed E-state index contributed by atoms with van der Waals surface area (Å²) in [7, 11) is 3.42.